The van der Waals surface area contributed by atoms with Crippen molar-refractivity contribution in [3.8, 4) is 5.75 Å². The summed E-state index contributed by atoms with van der Waals surface area (Å²) in [5, 5.41) is 2.59. The van der Waals surface area contributed by atoms with Crippen molar-refractivity contribution < 1.29 is 14.3 Å². The number of anilines is 1. The second-order valence-corrected chi connectivity index (χ2v) is 7.32. The molecule has 3 amide bonds. The molecule has 1 fully saturated rings. The van der Waals surface area contributed by atoms with Crippen LogP contribution in [0.4, 0.5) is 10.5 Å². The Labute approximate surface area is 149 Å². The zero-order chi connectivity index (χ0) is 18.6. The van der Waals surface area contributed by atoms with Crippen LogP contribution in [0.2, 0.25) is 0 Å². The second-order valence-electron chi connectivity index (χ2n) is 7.32. The summed E-state index contributed by atoms with van der Waals surface area (Å²) in [5.41, 5.74) is 5.91. The molecule has 1 aliphatic heterocycles. The molecule has 0 saturated carbocycles. The smallest absolute Gasteiger partial charge is 0.312 e. The maximum Gasteiger partial charge on any atom is 0.312 e. The summed E-state index contributed by atoms with van der Waals surface area (Å²) in [6.07, 6.45) is 0. The van der Waals surface area contributed by atoms with Gasteiger partial charge in [-0.2, -0.15) is 0 Å². The van der Waals surface area contributed by atoms with E-state index in [4.69, 9.17) is 10.5 Å². The molecule has 1 atom stereocenters. The minimum Gasteiger partial charge on any atom is -0.497 e. The molecule has 25 heavy (non-hydrogen) atoms. The lowest BCUT2D eigenvalue weighted by atomic mass is 9.85. The van der Waals surface area contributed by atoms with Gasteiger partial charge in [-0.15, -0.1) is 0 Å². The fourth-order valence-electron chi connectivity index (χ4n) is 2.97. The van der Waals surface area contributed by atoms with Crippen LogP contribution in [0.15, 0.2) is 24.3 Å². The normalized spacial score (nSPS) is 16.3. The van der Waals surface area contributed by atoms with Gasteiger partial charge in [0.15, 0.2) is 0 Å². The molecule has 1 unspecified atom stereocenters. The summed E-state index contributed by atoms with van der Waals surface area (Å²) in [6, 6.07) is 6.58. The number of carbonyl (C=O) groups excluding carboxylic acids is 2. The number of hydrogen-bond donors (Lipinski definition) is 2. The highest BCUT2D eigenvalue weighted by atomic mass is 16.5. The first kappa shape index (κ1) is 18.9. The molecule has 0 bridgehead atoms. The maximum atomic E-state index is 12.8. The van der Waals surface area contributed by atoms with E-state index >= 15 is 0 Å². The number of carbonyl (C=O) groups is 2. The van der Waals surface area contributed by atoms with Crippen LogP contribution in [0.25, 0.3) is 0 Å². The summed E-state index contributed by atoms with van der Waals surface area (Å²) in [5.74, 6) is 0.728. The largest absolute Gasteiger partial charge is 0.497 e. The van der Waals surface area contributed by atoms with Gasteiger partial charge in [-0.1, -0.05) is 26.8 Å². The summed E-state index contributed by atoms with van der Waals surface area (Å²) < 4.78 is 5.27. The monoisotopic (exact) mass is 348 g/mol. The van der Waals surface area contributed by atoms with Crippen LogP contribution in [0, 0.1) is 5.41 Å². The lowest BCUT2D eigenvalue weighted by molar-refractivity contribution is -0.136. The van der Waals surface area contributed by atoms with Gasteiger partial charge in [-0.25, -0.2) is 4.79 Å². The van der Waals surface area contributed by atoms with Crippen molar-refractivity contribution in [3.63, 3.8) is 0 Å². The minimum atomic E-state index is -0.678. The van der Waals surface area contributed by atoms with Gasteiger partial charge in [0.25, 0.3) is 0 Å². The van der Waals surface area contributed by atoms with Crippen LogP contribution in [0.5, 0.6) is 5.75 Å². The molecule has 1 heterocycles. The number of urea groups is 1. The van der Waals surface area contributed by atoms with Crippen molar-refractivity contribution in [1.29, 1.82) is 0 Å². The summed E-state index contributed by atoms with van der Waals surface area (Å²) in [7, 11) is 1.65. The van der Waals surface area contributed by atoms with E-state index in [9.17, 15) is 9.59 Å². The fourth-order valence-corrected chi connectivity index (χ4v) is 2.97. The number of ether oxygens (including phenoxy) is 1. The van der Waals surface area contributed by atoms with Crippen LogP contribution in [-0.4, -0.2) is 56.2 Å². The van der Waals surface area contributed by atoms with Gasteiger partial charge in [-0.3, -0.25) is 4.79 Å². The zero-order valence-electron chi connectivity index (χ0n) is 15.4. The zero-order valence-corrected chi connectivity index (χ0v) is 15.4. The molecule has 1 saturated heterocycles. The molecule has 7 nitrogen and oxygen atoms in total. The van der Waals surface area contributed by atoms with Gasteiger partial charge in [0.05, 0.1) is 7.11 Å². The van der Waals surface area contributed by atoms with Crippen molar-refractivity contribution in [2.45, 2.75) is 26.8 Å². The molecule has 7 heteroatoms. The number of rotatable bonds is 4. The molecular weight excluding hydrogens is 320 g/mol. The second kappa shape index (κ2) is 7.63. The number of primary amides is 1. The average Bonchev–Trinajstić information content (AvgIpc) is 2.58. The molecule has 0 aliphatic carbocycles. The van der Waals surface area contributed by atoms with Gasteiger partial charge < -0.3 is 25.6 Å². The van der Waals surface area contributed by atoms with Crippen molar-refractivity contribution in [2.24, 2.45) is 11.1 Å². The predicted molar refractivity (Wildman–Crippen MR) is 97.7 cm³/mol. The van der Waals surface area contributed by atoms with Crippen LogP contribution in [0.1, 0.15) is 20.8 Å². The molecule has 1 aromatic carbocycles. The third-order valence-corrected chi connectivity index (χ3v) is 4.41. The first-order chi connectivity index (χ1) is 11.7. The number of nitrogens with one attached hydrogen (secondary N) is 1. The van der Waals surface area contributed by atoms with Crippen molar-refractivity contribution in [2.75, 3.05) is 38.2 Å². The van der Waals surface area contributed by atoms with Crippen LogP contribution in [-0.2, 0) is 4.79 Å². The Kier molecular flexibility index (Phi) is 5.77. The summed E-state index contributed by atoms with van der Waals surface area (Å²) in [6.45, 7) is 8.40. The fraction of sp³-hybridized carbons (Fsp3) is 0.556. The topological polar surface area (TPSA) is 87.9 Å². The summed E-state index contributed by atoms with van der Waals surface area (Å²) in [4.78, 5) is 28.1. The molecular formula is C18H28N4O3. The highest BCUT2D eigenvalue weighted by molar-refractivity contribution is 5.87. The number of benzene rings is 1. The Morgan fingerprint density at radius 2 is 1.84 bits per heavy atom. The third-order valence-electron chi connectivity index (χ3n) is 4.41. The molecule has 0 spiro atoms. The molecule has 2 rings (SSSR count). The van der Waals surface area contributed by atoms with Gasteiger partial charge in [0.1, 0.15) is 11.8 Å². The van der Waals surface area contributed by atoms with Crippen LogP contribution < -0.4 is 20.7 Å². The summed E-state index contributed by atoms with van der Waals surface area (Å²) >= 11 is 0. The predicted octanol–water partition coefficient (Wildman–Crippen LogP) is 1.43. The van der Waals surface area contributed by atoms with Gasteiger partial charge in [-0.05, 0) is 17.5 Å². The first-order valence-corrected chi connectivity index (χ1v) is 8.46. The number of nitrogens with zero attached hydrogens (tertiary/aromatic N) is 2. The van der Waals surface area contributed by atoms with E-state index in [1.807, 2.05) is 45.0 Å². The van der Waals surface area contributed by atoms with E-state index in [1.54, 1.807) is 12.0 Å². The molecule has 138 valence electrons. The molecule has 1 aliphatic rings. The lowest BCUT2D eigenvalue weighted by Crippen LogP contribution is -2.59. The standard InChI is InChI=1S/C18H28N4O3/c1-18(2,3)15(20-17(19)24)16(23)22-10-8-21(9-11-22)13-6-5-7-14(12-13)25-4/h5-7,12,15H,8-11H2,1-4H3,(H3,19,20,24). The highest BCUT2D eigenvalue weighted by Crippen LogP contribution is 2.24. The Morgan fingerprint density at radius 3 is 2.36 bits per heavy atom. The Hall–Kier alpha value is -2.44. The molecule has 3 N–H and O–H groups in total. The van der Waals surface area contributed by atoms with Gasteiger partial charge >= 0.3 is 6.03 Å². The van der Waals surface area contributed by atoms with Gasteiger partial charge in [0.2, 0.25) is 5.91 Å². The van der Waals surface area contributed by atoms with E-state index < -0.39 is 17.5 Å². The van der Waals surface area contributed by atoms with Crippen molar-refractivity contribution >= 4 is 17.6 Å². The third kappa shape index (κ3) is 4.78. The maximum absolute atomic E-state index is 12.8. The minimum absolute atomic E-state index is 0.0865. The van der Waals surface area contributed by atoms with E-state index in [2.05, 4.69) is 10.2 Å². The molecule has 1 aromatic rings. The molecule has 0 radical (unpaired) electrons. The quantitative estimate of drug-likeness (QED) is 0.861. The number of methoxy groups -OCH3 is 1. The van der Waals surface area contributed by atoms with Gasteiger partial charge in [0, 0.05) is 37.9 Å². The van der Waals surface area contributed by atoms with Crippen LogP contribution >= 0.6 is 0 Å². The van der Waals surface area contributed by atoms with Crippen molar-refractivity contribution in [1.82, 2.24) is 10.2 Å². The van der Waals surface area contributed by atoms with E-state index in [1.165, 1.54) is 0 Å². The SMILES string of the molecule is COc1cccc(N2CCN(C(=O)C(NC(N)=O)C(C)(C)C)CC2)c1. The number of hydrogen-bond acceptors (Lipinski definition) is 4. The number of amides is 3. The number of nitrogens with two attached hydrogens (primary N) is 1. The first-order valence-electron chi connectivity index (χ1n) is 8.46. The van der Waals surface area contributed by atoms with E-state index in [0.717, 1.165) is 24.5 Å². The Bertz CT molecular complexity index is 619. The lowest BCUT2D eigenvalue weighted by Gasteiger charge is -2.40. The van der Waals surface area contributed by atoms with E-state index in [0.29, 0.717) is 13.1 Å². The Balaban J connectivity index is 2.02. The molecule has 0 aromatic heterocycles. The Morgan fingerprint density at radius 1 is 1.20 bits per heavy atom. The number of piperazine rings is 1. The highest BCUT2D eigenvalue weighted by Gasteiger charge is 2.36. The van der Waals surface area contributed by atoms with E-state index in [-0.39, 0.29) is 5.91 Å². The average molecular weight is 348 g/mol. The van der Waals surface area contributed by atoms with Crippen molar-refractivity contribution in [3.05, 3.63) is 24.3 Å². The van der Waals surface area contributed by atoms with Crippen LogP contribution in [0.3, 0.4) is 0 Å².